The molecule has 1 fully saturated rings. The maximum atomic E-state index is 5.90. The largest absolute Gasteiger partial charge is 0.266 e. The molecule has 84 valence electrons. The maximum Gasteiger partial charge on any atom is 0.165 e. The minimum absolute atomic E-state index is 0.455. The second-order valence-corrected chi connectivity index (χ2v) is 5.58. The molecule has 0 radical (unpaired) electrons. The second kappa shape index (κ2) is 3.89. The highest BCUT2D eigenvalue weighted by molar-refractivity contribution is 7.99. The number of fused-ring (bicyclic) bond motifs is 1. The Kier molecular flexibility index (Phi) is 2.52. The fourth-order valence-electron chi connectivity index (χ4n) is 2.07. The predicted octanol–water partition coefficient (Wildman–Crippen LogP) is 2.65. The van der Waals surface area contributed by atoms with Crippen molar-refractivity contribution in [3.05, 3.63) is 22.9 Å². The molecule has 1 saturated heterocycles. The van der Waals surface area contributed by atoms with Crippen LogP contribution in [0.2, 0.25) is 5.15 Å². The quantitative estimate of drug-likeness (QED) is 0.734. The highest BCUT2D eigenvalue weighted by atomic mass is 35.5. The van der Waals surface area contributed by atoms with Gasteiger partial charge in [0.15, 0.2) is 11.5 Å². The Balaban J connectivity index is 2.18. The fourth-order valence-corrected chi connectivity index (χ4v) is 3.54. The first kappa shape index (κ1) is 10.4. The van der Waals surface area contributed by atoms with Crippen molar-refractivity contribution < 1.29 is 0 Å². The van der Waals surface area contributed by atoms with E-state index in [-0.39, 0.29) is 0 Å². The van der Waals surface area contributed by atoms with E-state index in [9.17, 15) is 0 Å². The molecule has 4 nitrogen and oxygen atoms in total. The van der Waals surface area contributed by atoms with E-state index in [0.29, 0.717) is 10.4 Å². The summed E-state index contributed by atoms with van der Waals surface area (Å²) in [5.41, 5.74) is 0.792. The van der Waals surface area contributed by atoms with Gasteiger partial charge >= 0.3 is 0 Å². The monoisotopic (exact) mass is 254 g/mol. The summed E-state index contributed by atoms with van der Waals surface area (Å²) in [5.74, 6) is 3.08. The van der Waals surface area contributed by atoms with Gasteiger partial charge in [0, 0.05) is 6.07 Å². The SMILES string of the molecule is Cc1nc(Cl)cc2nnc(C3CCCS3)n12. The number of aryl methyl sites for hydroxylation is 1. The van der Waals surface area contributed by atoms with E-state index in [2.05, 4.69) is 15.2 Å². The van der Waals surface area contributed by atoms with Crippen molar-refractivity contribution in [3.8, 4) is 0 Å². The average molecular weight is 255 g/mol. The lowest BCUT2D eigenvalue weighted by atomic mass is 10.2. The van der Waals surface area contributed by atoms with Gasteiger partial charge in [-0.05, 0) is 25.5 Å². The first-order valence-corrected chi connectivity index (χ1v) is 6.68. The summed E-state index contributed by atoms with van der Waals surface area (Å²) in [4.78, 5) is 4.25. The number of thioether (sulfide) groups is 1. The van der Waals surface area contributed by atoms with Crippen LogP contribution < -0.4 is 0 Å². The first-order valence-electron chi connectivity index (χ1n) is 5.25. The Morgan fingerprint density at radius 1 is 1.50 bits per heavy atom. The van der Waals surface area contributed by atoms with Gasteiger partial charge in [0.2, 0.25) is 0 Å². The van der Waals surface area contributed by atoms with Gasteiger partial charge in [0.25, 0.3) is 0 Å². The van der Waals surface area contributed by atoms with E-state index < -0.39 is 0 Å². The number of hydrogen-bond donors (Lipinski definition) is 0. The number of hydrogen-bond acceptors (Lipinski definition) is 4. The normalized spacial score (nSPS) is 20.8. The molecule has 2 aromatic heterocycles. The Labute approximate surface area is 102 Å². The van der Waals surface area contributed by atoms with E-state index in [4.69, 9.17) is 11.6 Å². The molecule has 0 spiro atoms. The van der Waals surface area contributed by atoms with Gasteiger partial charge in [-0.25, -0.2) is 4.98 Å². The van der Waals surface area contributed by atoms with Crippen molar-refractivity contribution in [1.82, 2.24) is 19.6 Å². The van der Waals surface area contributed by atoms with Crippen LogP contribution >= 0.6 is 23.4 Å². The van der Waals surface area contributed by atoms with Gasteiger partial charge in [-0.15, -0.1) is 10.2 Å². The van der Waals surface area contributed by atoms with Crippen molar-refractivity contribution in [2.45, 2.75) is 25.0 Å². The predicted molar refractivity (Wildman–Crippen MR) is 65.0 cm³/mol. The van der Waals surface area contributed by atoms with Crippen LogP contribution in [0.1, 0.15) is 29.7 Å². The van der Waals surface area contributed by atoms with E-state index in [1.54, 1.807) is 6.07 Å². The summed E-state index contributed by atoms with van der Waals surface area (Å²) < 4.78 is 2.01. The first-order chi connectivity index (χ1) is 7.75. The van der Waals surface area contributed by atoms with Crippen LogP contribution in [0, 0.1) is 6.92 Å². The van der Waals surface area contributed by atoms with Gasteiger partial charge in [0.1, 0.15) is 11.0 Å². The summed E-state index contributed by atoms with van der Waals surface area (Å²) in [6.07, 6.45) is 2.43. The highest BCUT2D eigenvalue weighted by Gasteiger charge is 2.23. The zero-order valence-corrected chi connectivity index (χ0v) is 10.4. The third-order valence-corrected chi connectivity index (χ3v) is 4.34. The molecule has 0 bridgehead atoms. The van der Waals surface area contributed by atoms with E-state index in [0.717, 1.165) is 17.3 Å². The van der Waals surface area contributed by atoms with Gasteiger partial charge < -0.3 is 0 Å². The molecule has 1 aliphatic rings. The van der Waals surface area contributed by atoms with Crippen LogP contribution in [0.3, 0.4) is 0 Å². The van der Waals surface area contributed by atoms with Crippen LogP contribution in [0.25, 0.3) is 5.65 Å². The number of rotatable bonds is 1. The van der Waals surface area contributed by atoms with E-state index in [1.807, 2.05) is 23.1 Å². The number of halogens is 1. The summed E-state index contributed by atoms with van der Waals surface area (Å²) >= 11 is 7.84. The molecule has 0 saturated carbocycles. The summed E-state index contributed by atoms with van der Waals surface area (Å²) in [7, 11) is 0. The lowest BCUT2D eigenvalue weighted by Crippen LogP contribution is -2.02. The topological polar surface area (TPSA) is 43.1 Å². The summed E-state index contributed by atoms with van der Waals surface area (Å²) in [6, 6.07) is 1.75. The van der Waals surface area contributed by atoms with Crippen LogP contribution in [0.15, 0.2) is 6.07 Å². The fraction of sp³-hybridized carbons (Fsp3) is 0.500. The van der Waals surface area contributed by atoms with Gasteiger partial charge in [0.05, 0.1) is 5.25 Å². The molecule has 2 aromatic rings. The zero-order valence-electron chi connectivity index (χ0n) is 8.85. The molecule has 1 aliphatic heterocycles. The molecule has 0 N–H and O–H groups in total. The summed E-state index contributed by atoms with van der Waals surface area (Å²) in [6.45, 7) is 1.94. The van der Waals surface area contributed by atoms with Gasteiger partial charge in [-0.1, -0.05) is 11.6 Å². The molecule has 0 aromatic carbocycles. The maximum absolute atomic E-state index is 5.90. The lowest BCUT2D eigenvalue weighted by Gasteiger charge is -2.07. The number of aromatic nitrogens is 4. The molecule has 3 rings (SSSR count). The van der Waals surface area contributed by atoms with E-state index in [1.165, 1.54) is 18.6 Å². The minimum Gasteiger partial charge on any atom is -0.266 e. The van der Waals surface area contributed by atoms with Gasteiger partial charge in [-0.2, -0.15) is 11.8 Å². The Hall–Kier alpha value is -0.810. The molecular formula is C10H11ClN4S. The molecule has 6 heteroatoms. The third kappa shape index (κ3) is 1.58. The second-order valence-electron chi connectivity index (χ2n) is 3.88. The lowest BCUT2D eigenvalue weighted by molar-refractivity contribution is 0.755. The van der Waals surface area contributed by atoms with E-state index >= 15 is 0 Å². The van der Waals surface area contributed by atoms with Crippen LogP contribution in [0.4, 0.5) is 0 Å². The molecule has 3 heterocycles. The smallest absolute Gasteiger partial charge is 0.165 e. The third-order valence-electron chi connectivity index (χ3n) is 2.77. The summed E-state index contributed by atoms with van der Waals surface area (Å²) in [5, 5.41) is 9.36. The van der Waals surface area contributed by atoms with Crippen molar-refractivity contribution >= 4 is 29.0 Å². The minimum atomic E-state index is 0.455. The number of nitrogens with zero attached hydrogens (tertiary/aromatic N) is 4. The standard InChI is InChI=1S/C10H11ClN4S/c1-6-12-8(11)5-9-13-14-10(15(6)9)7-3-2-4-16-7/h5,7H,2-4H2,1H3. The highest BCUT2D eigenvalue weighted by Crippen LogP contribution is 2.39. The Bertz CT molecular complexity index is 533. The zero-order chi connectivity index (χ0) is 11.1. The molecule has 0 aliphatic carbocycles. The van der Waals surface area contributed by atoms with Crippen LogP contribution in [-0.4, -0.2) is 25.3 Å². The molecule has 1 atom stereocenters. The van der Waals surface area contributed by atoms with Crippen molar-refractivity contribution in [3.63, 3.8) is 0 Å². The van der Waals surface area contributed by atoms with Gasteiger partial charge in [-0.3, -0.25) is 4.40 Å². The Morgan fingerprint density at radius 3 is 3.12 bits per heavy atom. The average Bonchev–Trinajstić information content (AvgIpc) is 2.82. The Morgan fingerprint density at radius 2 is 2.38 bits per heavy atom. The molecule has 16 heavy (non-hydrogen) atoms. The molecule has 1 unspecified atom stereocenters. The van der Waals surface area contributed by atoms with Crippen molar-refractivity contribution in [2.24, 2.45) is 0 Å². The van der Waals surface area contributed by atoms with Crippen LogP contribution in [0.5, 0.6) is 0 Å². The van der Waals surface area contributed by atoms with Crippen molar-refractivity contribution in [2.75, 3.05) is 5.75 Å². The van der Waals surface area contributed by atoms with Crippen molar-refractivity contribution in [1.29, 1.82) is 0 Å². The molecular weight excluding hydrogens is 244 g/mol. The molecule has 0 amide bonds. The van der Waals surface area contributed by atoms with Crippen LogP contribution in [-0.2, 0) is 0 Å².